The molecular weight excluding hydrogens is 268 g/mol. The lowest BCUT2D eigenvalue weighted by Gasteiger charge is -2.20. The van der Waals surface area contributed by atoms with Crippen molar-refractivity contribution in [3.63, 3.8) is 0 Å². The fourth-order valence-corrected chi connectivity index (χ4v) is 2.36. The zero-order valence-electron chi connectivity index (χ0n) is 13.4. The highest BCUT2D eigenvalue weighted by Gasteiger charge is 2.17. The van der Waals surface area contributed by atoms with Crippen LogP contribution in [0.15, 0.2) is 0 Å². The zero-order valence-corrected chi connectivity index (χ0v) is 13.4. The van der Waals surface area contributed by atoms with Crippen LogP contribution >= 0.6 is 0 Å². The van der Waals surface area contributed by atoms with Gasteiger partial charge in [-0.3, -0.25) is 9.59 Å². The molecule has 0 bridgehead atoms. The maximum atomic E-state index is 11.7. The van der Waals surface area contributed by atoms with Gasteiger partial charge in [-0.05, 0) is 31.8 Å². The van der Waals surface area contributed by atoms with Gasteiger partial charge in [0, 0.05) is 13.1 Å². The Hall–Kier alpha value is -1.14. The van der Waals surface area contributed by atoms with Gasteiger partial charge in [0.1, 0.15) is 0 Å². The topological polar surface area (TPSA) is 87.5 Å². The van der Waals surface area contributed by atoms with Gasteiger partial charge in [-0.2, -0.15) is 0 Å². The van der Waals surface area contributed by atoms with E-state index in [0.717, 1.165) is 19.6 Å². The minimum absolute atomic E-state index is 0.000741. The van der Waals surface area contributed by atoms with E-state index in [1.165, 1.54) is 25.7 Å². The van der Waals surface area contributed by atoms with Crippen molar-refractivity contribution in [1.82, 2.24) is 15.5 Å². The van der Waals surface area contributed by atoms with E-state index in [4.69, 9.17) is 5.73 Å². The van der Waals surface area contributed by atoms with Gasteiger partial charge in [0.2, 0.25) is 11.8 Å². The van der Waals surface area contributed by atoms with E-state index in [1.807, 2.05) is 13.8 Å². The second-order valence-electron chi connectivity index (χ2n) is 6.09. The van der Waals surface area contributed by atoms with Crippen molar-refractivity contribution in [3.05, 3.63) is 0 Å². The molecule has 6 heteroatoms. The fourth-order valence-electron chi connectivity index (χ4n) is 2.36. The molecule has 1 rings (SSSR count). The average molecular weight is 298 g/mol. The Morgan fingerprint density at radius 1 is 1.10 bits per heavy atom. The van der Waals surface area contributed by atoms with Gasteiger partial charge in [0.05, 0.1) is 12.6 Å². The van der Waals surface area contributed by atoms with E-state index in [1.54, 1.807) is 0 Å². The highest BCUT2D eigenvalue weighted by atomic mass is 16.2. The fraction of sp³-hybridized carbons (Fsp3) is 0.867. The first-order valence-electron chi connectivity index (χ1n) is 8.03. The molecule has 122 valence electrons. The van der Waals surface area contributed by atoms with Gasteiger partial charge in [0.25, 0.3) is 0 Å². The predicted molar refractivity (Wildman–Crippen MR) is 83.7 cm³/mol. The lowest BCUT2D eigenvalue weighted by molar-refractivity contribution is -0.127. The number of nitrogens with two attached hydrogens (primary N) is 1. The monoisotopic (exact) mass is 298 g/mol. The quantitative estimate of drug-likeness (QED) is 0.621. The van der Waals surface area contributed by atoms with E-state index in [9.17, 15) is 9.59 Å². The predicted octanol–water partition coefficient (Wildman–Crippen LogP) is 0.0781. The van der Waals surface area contributed by atoms with E-state index in [0.29, 0.717) is 6.54 Å². The molecule has 1 aliphatic rings. The second kappa shape index (κ2) is 9.73. The lowest BCUT2D eigenvalue weighted by Crippen LogP contribution is -2.47. The van der Waals surface area contributed by atoms with Crippen molar-refractivity contribution in [2.24, 2.45) is 11.7 Å². The molecule has 0 aromatic rings. The smallest absolute Gasteiger partial charge is 0.239 e. The summed E-state index contributed by atoms with van der Waals surface area (Å²) in [6.07, 6.45) is 5.12. The molecule has 0 saturated carbocycles. The number of rotatable bonds is 7. The number of likely N-dealkylation sites (tertiary alicyclic amines) is 1. The minimum Gasteiger partial charge on any atom is -0.353 e. The van der Waals surface area contributed by atoms with Gasteiger partial charge in [-0.25, -0.2) is 0 Å². The van der Waals surface area contributed by atoms with Crippen LogP contribution in [0, 0.1) is 5.92 Å². The Morgan fingerprint density at radius 3 is 2.29 bits per heavy atom. The summed E-state index contributed by atoms with van der Waals surface area (Å²) >= 11 is 0. The molecule has 2 amide bonds. The van der Waals surface area contributed by atoms with E-state index < -0.39 is 6.04 Å². The van der Waals surface area contributed by atoms with Gasteiger partial charge < -0.3 is 21.3 Å². The highest BCUT2D eigenvalue weighted by Crippen LogP contribution is 2.08. The Kier molecular flexibility index (Phi) is 8.30. The molecule has 0 radical (unpaired) electrons. The summed E-state index contributed by atoms with van der Waals surface area (Å²) in [6.45, 7) is 7.51. The summed E-state index contributed by atoms with van der Waals surface area (Å²) in [5, 5.41) is 5.41. The number of hydrogen-bond donors (Lipinski definition) is 3. The molecular formula is C15H30N4O2. The van der Waals surface area contributed by atoms with Crippen molar-refractivity contribution in [3.8, 4) is 0 Å². The Morgan fingerprint density at radius 2 is 1.71 bits per heavy atom. The van der Waals surface area contributed by atoms with Crippen LogP contribution in [0.4, 0.5) is 0 Å². The van der Waals surface area contributed by atoms with E-state index in [-0.39, 0.29) is 24.3 Å². The number of carbonyl (C=O) groups is 2. The van der Waals surface area contributed by atoms with Gasteiger partial charge in [-0.1, -0.05) is 26.7 Å². The van der Waals surface area contributed by atoms with Gasteiger partial charge in [-0.15, -0.1) is 0 Å². The summed E-state index contributed by atoms with van der Waals surface area (Å²) < 4.78 is 0. The van der Waals surface area contributed by atoms with Crippen molar-refractivity contribution < 1.29 is 9.59 Å². The van der Waals surface area contributed by atoms with Crippen molar-refractivity contribution >= 4 is 11.8 Å². The number of hydrogen-bond acceptors (Lipinski definition) is 4. The summed E-state index contributed by atoms with van der Waals surface area (Å²) in [5.74, 6) is -0.363. The number of nitrogens with one attached hydrogen (secondary N) is 2. The van der Waals surface area contributed by atoms with Gasteiger partial charge >= 0.3 is 0 Å². The number of carbonyl (C=O) groups excluding carboxylic acids is 2. The molecule has 1 fully saturated rings. The molecule has 1 atom stereocenters. The van der Waals surface area contributed by atoms with Crippen LogP contribution in [0.2, 0.25) is 0 Å². The Labute approximate surface area is 127 Å². The molecule has 0 aromatic carbocycles. The van der Waals surface area contributed by atoms with Gasteiger partial charge in [0.15, 0.2) is 0 Å². The van der Waals surface area contributed by atoms with Crippen LogP contribution in [0.25, 0.3) is 0 Å². The summed E-state index contributed by atoms with van der Waals surface area (Å²) in [7, 11) is 0. The first kappa shape index (κ1) is 17.9. The van der Waals surface area contributed by atoms with E-state index in [2.05, 4.69) is 15.5 Å². The molecule has 1 aliphatic heterocycles. The van der Waals surface area contributed by atoms with Crippen LogP contribution in [0.5, 0.6) is 0 Å². The molecule has 21 heavy (non-hydrogen) atoms. The molecule has 6 nitrogen and oxygen atoms in total. The third kappa shape index (κ3) is 7.43. The SMILES string of the molecule is CC(C)[C@H](N)C(=O)NCC(=O)NCCN1CCCCCC1. The van der Waals surface area contributed by atoms with Crippen LogP contribution in [-0.2, 0) is 9.59 Å². The van der Waals surface area contributed by atoms with E-state index >= 15 is 0 Å². The minimum atomic E-state index is -0.560. The molecule has 0 aliphatic carbocycles. The molecule has 0 spiro atoms. The van der Waals surface area contributed by atoms with Crippen molar-refractivity contribution in [1.29, 1.82) is 0 Å². The van der Waals surface area contributed by atoms with Crippen molar-refractivity contribution in [2.45, 2.75) is 45.6 Å². The molecule has 1 saturated heterocycles. The largest absolute Gasteiger partial charge is 0.353 e. The lowest BCUT2D eigenvalue weighted by atomic mass is 10.1. The summed E-state index contributed by atoms with van der Waals surface area (Å²) in [6, 6.07) is -0.560. The Balaban J connectivity index is 2.12. The standard InChI is InChI=1S/C15H30N4O2/c1-12(2)14(16)15(21)18-11-13(20)17-7-10-19-8-5-3-4-6-9-19/h12,14H,3-11,16H2,1-2H3,(H,17,20)(H,18,21)/t14-/m0/s1. The first-order chi connectivity index (χ1) is 10.0. The first-order valence-corrected chi connectivity index (χ1v) is 8.03. The third-order valence-corrected chi connectivity index (χ3v) is 3.89. The van der Waals surface area contributed by atoms with Crippen LogP contribution in [0.1, 0.15) is 39.5 Å². The third-order valence-electron chi connectivity index (χ3n) is 3.89. The van der Waals surface area contributed by atoms with Crippen LogP contribution in [-0.4, -0.2) is 55.5 Å². The molecule has 4 N–H and O–H groups in total. The van der Waals surface area contributed by atoms with Crippen LogP contribution in [0.3, 0.4) is 0 Å². The molecule has 0 unspecified atom stereocenters. The number of nitrogens with zero attached hydrogens (tertiary/aromatic N) is 1. The number of amides is 2. The molecule has 0 aromatic heterocycles. The Bertz CT molecular complexity index is 326. The summed E-state index contributed by atoms with van der Waals surface area (Å²) in [4.78, 5) is 25.7. The zero-order chi connectivity index (χ0) is 15.7. The normalized spacial score (nSPS) is 18.1. The summed E-state index contributed by atoms with van der Waals surface area (Å²) in [5.41, 5.74) is 5.71. The highest BCUT2D eigenvalue weighted by molar-refractivity contribution is 5.87. The second-order valence-corrected chi connectivity index (χ2v) is 6.09. The van der Waals surface area contributed by atoms with Crippen molar-refractivity contribution in [2.75, 3.05) is 32.7 Å². The average Bonchev–Trinajstić information content (AvgIpc) is 2.72. The maximum Gasteiger partial charge on any atom is 0.239 e. The molecule has 1 heterocycles. The maximum absolute atomic E-state index is 11.7. The van der Waals surface area contributed by atoms with Crippen LogP contribution < -0.4 is 16.4 Å².